The van der Waals surface area contributed by atoms with E-state index in [0.717, 1.165) is 23.1 Å². The van der Waals surface area contributed by atoms with Crippen molar-refractivity contribution in [2.45, 2.75) is 13.0 Å². The van der Waals surface area contributed by atoms with Crippen molar-refractivity contribution in [2.24, 2.45) is 0 Å². The number of ether oxygens (including phenoxy) is 2. The molecule has 0 saturated heterocycles. The summed E-state index contributed by atoms with van der Waals surface area (Å²) in [4.78, 5) is 12.0. The van der Waals surface area contributed by atoms with Gasteiger partial charge in [0.15, 0.2) is 0 Å². The molecule has 0 atom stereocenters. The molecule has 2 rings (SSSR count). The summed E-state index contributed by atoms with van der Waals surface area (Å²) in [5.41, 5.74) is 3.29. The van der Waals surface area contributed by atoms with Gasteiger partial charge in [-0.2, -0.15) is 0 Å². The molecule has 0 unspecified atom stereocenters. The second-order valence-electron chi connectivity index (χ2n) is 5.36. The summed E-state index contributed by atoms with van der Waals surface area (Å²) in [6.45, 7) is 1.13. The number of aliphatic hydroxyl groups excluding tert-OH is 1. The van der Waals surface area contributed by atoms with E-state index in [1.165, 1.54) is 0 Å². The van der Waals surface area contributed by atoms with E-state index in [1.807, 2.05) is 30.3 Å². The molecule has 0 aromatic heterocycles. The van der Waals surface area contributed by atoms with Crippen LogP contribution in [0.4, 0.5) is 0 Å². The Kier molecular flexibility index (Phi) is 6.78. The number of benzene rings is 2. The SMILES string of the molecule is COCCCNC(=O)c1ccc(-c2ccc(OC)c(CO)c2)cc1. The van der Waals surface area contributed by atoms with Crippen LogP contribution in [0, 0.1) is 0 Å². The van der Waals surface area contributed by atoms with Crippen molar-refractivity contribution in [1.82, 2.24) is 5.32 Å². The summed E-state index contributed by atoms with van der Waals surface area (Å²) in [5, 5.41) is 12.3. The van der Waals surface area contributed by atoms with Crippen molar-refractivity contribution in [2.75, 3.05) is 27.4 Å². The zero-order chi connectivity index (χ0) is 17.4. The first-order valence-electron chi connectivity index (χ1n) is 7.85. The molecule has 0 aliphatic carbocycles. The van der Waals surface area contributed by atoms with Gasteiger partial charge in [-0.05, 0) is 41.8 Å². The van der Waals surface area contributed by atoms with Gasteiger partial charge < -0.3 is 19.9 Å². The number of hydrogen-bond donors (Lipinski definition) is 2. The zero-order valence-electron chi connectivity index (χ0n) is 14.0. The Morgan fingerprint density at radius 3 is 2.42 bits per heavy atom. The van der Waals surface area contributed by atoms with E-state index in [0.29, 0.717) is 24.5 Å². The molecule has 0 fully saturated rings. The maximum atomic E-state index is 12.0. The number of methoxy groups -OCH3 is 2. The van der Waals surface area contributed by atoms with Gasteiger partial charge in [0.2, 0.25) is 0 Å². The van der Waals surface area contributed by atoms with Crippen LogP contribution in [-0.2, 0) is 11.3 Å². The lowest BCUT2D eigenvalue weighted by Gasteiger charge is -2.10. The molecule has 0 heterocycles. The first-order chi connectivity index (χ1) is 11.7. The third-order valence-corrected chi connectivity index (χ3v) is 3.74. The fourth-order valence-electron chi connectivity index (χ4n) is 2.42. The van der Waals surface area contributed by atoms with Crippen molar-refractivity contribution in [1.29, 1.82) is 0 Å². The molecule has 0 aliphatic heterocycles. The second kappa shape index (κ2) is 9.05. The predicted octanol–water partition coefficient (Wildman–Crippen LogP) is 2.62. The number of nitrogens with one attached hydrogen (secondary N) is 1. The van der Waals surface area contributed by atoms with Crippen LogP contribution < -0.4 is 10.1 Å². The van der Waals surface area contributed by atoms with Crippen molar-refractivity contribution in [3.8, 4) is 16.9 Å². The smallest absolute Gasteiger partial charge is 0.251 e. The number of amides is 1. The highest BCUT2D eigenvalue weighted by atomic mass is 16.5. The number of hydrogen-bond acceptors (Lipinski definition) is 4. The van der Waals surface area contributed by atoms with Crippen molar-refractivity contribution in [3.63, 3.8) is 0 Å². The lowest BCUT2D eigenvalue weighted by Crippen LogP contribution is -2.25. The Hall–Kier alpha value is -2.37. The number of carbonyl (C=O) groups is 1. The van der Waals surface area contributed by atoms with E-state index in [1.54, 1.807) is 26.4 Å². The molecule has 0 bridgehead atoms. The quantitative estimate of drug-likeness (QED) is 0.731. The average Bonchev–Trinajstić information content (AvgIpc) is 2.64. The molecule has 24 heavy (non-hydrogen) atoms. The lowest BCUT2D eigenvalue weighted by molar-refractivity contribution is 0.0948. The summed E-state index contributed by atoms with van der Waals surface area (Å²) >= 11 is 0. The Balaban J connectivity index is 2.07. The zero-order valence-corrected chi connectivity index (χ0v) is 14.0. The van der Waals surface area contributed by atoms with Crippen LogP contribution in [0.5, 0.6) is 5.75 Å². The number of rotatable bonds is 8. The minimum absolute atomic E-state index is 0.0843. The highest BCUT2D eigenvalue weighted by molar-refractivity contribution is 5.94. The highest BCUT2D eigenvalue weighted by Gasteiger charge is 2.08. The van der Waals surface area contributed by atoms with Crippen LogP contribution in [0.2, 0.25) is 0 Å². The minimum Gasteiger partial charge on any atom is -0.496 e. The Morgan fingerprint density at radius 1 is 1.08 bits per heavy atom. The molecule has 1 amide bonds. The molecule has 5 nitrogen and oxygen atoms in total. The molecule has 0 spiro atoms. The third-order valence-electron chi connectivity index (χ3n) is 3.74. The third kappa shape index (κ3) is 4.57. The van der Waals surface area contributed by atoms with E-state index < -0.39 is 0 Å². The molecule has 0 aliphatic rings. The summed E-state index contributed by atoms with van der Waals surface area (Å²) in [6.07, 6.45) is 0.788. The molecule has 0 radical (unpaired) electrons. The summed E-state index contributed by atoms with van der Waals surface area (Å²) in [5.74, 6) is 0.566. The topological polar surface area (TPSA) is 67.8 Å². The number of aliphatic hydroxyl groups is 1. The fraction of sp³-hybridized carbons (Fsp3) is 0.316. The first kappa shape index (κ1) is 18.0. The molecule has 128 valence electrons. The van der Waals surface area contributed by atoms with Gasteiger partial charge in [-0.3, -0.25) is 4.79 Å². The van der Waals surface area contributed by atoms with Gasteiger partial charge in [0, 0.05) is 31.4 Å². The average molecular weight is 329 g/mol. The van der Waals surface area contributed by atoms with Crippen LogP contribution in [0.25, 0.3) is 11.1 Å². The normalized spacial score (nSPS) is 10.5. The first-order valence-corrected chi connectivity index (χ1v) is 7.85. The van der Waals surface area contributed by atoms with Crippen molar-refractivity contribution in [3.05, 3.63) is 53.6 Å². The van der Waals surface area contributed by atoms with E-state index in [9.17, 15) is 9.90 Å². The Labute approximate surface area is 142 Å². The highest BCUT2D eigenvalue weighted by Crippen LogP contribution is 2.27. The molecular formula is C19H23NO4. The van der Waals surface area contributed by atoms with Gasteiger partial charge in [0.05, 0.1) is 13.7 Å². The molecule has 5 heteroatoms. The Bertz CT molecular complexity index is 668. The van der Waals surface area contributed by atoms with Crippen molar-refractivity contribution >= 4 is 5.91 Å². The predicted molar refractivity (Wildman–Crippen MR) is 93.2 cm³/mol. The largest absolute Gasteiger partial charge is 0.496 e. The summed E-state index contributed by atoms with van der Waals surface area (Å²) in [7, 11) is 3.22. The monoisotopic (exact) mass is 329 g/mol. The van der Waals surface area contributed by atoms with Gasteiger partial charge in [-0.15, -0.1) is 0 Å². The minimum atomic E-state index is -0.0940. The van der Waals surface area contributed by atoms with E-state index in [2.05, 4.69) is 5.32 Å². The maximum Gasteiger partial charge on any atom is 0.251 e. The molecule has 2 aromatic carbocycles. The van der Waals surface area contributed by atoms with Gasteiger partial charge in [-0.25, -0.2) is 0 Å². The molecular weight excluding hydrogens is 306 g/mol. The molecule has 2 N–H and O–H groups in total. The number of carbonyl (C=O) groups excluding carboxylic acids is 1. The van der Waals surface area contributed by atoms with Crippen LogP contribution in [0.1, 0.15) is 22.3 Å². The molecule has 2 aromatic rings. The van der Waals surface area contributed by atoms with E-state index in [-0.39, 0.29) is 12.5 Å². The summed E-state index contributed by atoms with van der Waals surface area (Å²) in [6, 6.07) is 13.0. The maximum absolute atomic E-state index is 12.0. The fourth-order valence-corrected chi connectivity index (χ4v) is 2.42. The van der Waals surface area contributed by atoms with Gasteiger partial charge >= 0.3 is 0 Å². The van der Waals surface area contributed by atoms with Crippen LogP contribution in [0.3, 0.4) is 0 Å². The summed E-state index contributed by atoms with van der Waals surface area (Å²) < 4.78 is 10.2. The van der Waals surface area contributed by atoms with Crippen molar-refractivity contribution < 1.29 is 19.4 Å². The molecule has 0 saturated carbocycles. The van der Waals surface area contributed by atoms with Crippen LogP contribution in [-0.4, -0.2) is 38.4 Å². The second-order valence-corrected chi connectivity index (χ2v) is 5.36. The van der Waals surface area contributed by atoms with Crippen LogP contribution in [0.15, 0.2) is 42.5 Å². The van der Waals surface area contributed by atoms with E-state index in [4.69, 9.17) is 9.47 Å². The standard InChI is InChI=1S/C19H23NO4/c1-23-11-3-10-20-19(22)15-6-4-14(5-7-15)16-8-9-18(24-2)17(12-16)13-21/h4-9,12,21H,3,10-11,13H2,1-2H3,(H,20,22). The lowest BCUT2D eigenvalue weighted by atomic mass is 10.0. The van der Waals surface area contributed by atoms with Gasteiger partial charge in [0.25, 0.3) is 5.91 Å². The Morgan fingerprint density at radius 2 is 1.79 bits per heavy atom. The van der Waals surface area contributed by atoms with E-state index >= 15 is 0 Å². The van der Waals surface area contributed by atoms with Crippen LogP contribution >= 0.6 is 0 Å². The van der Waals surface area contributed by atoms with Gasteiger partial charge in [0.1, 0.15) is 5.75 Å². The van der Waals surface area contributed by atoms with Gasteiger partial charge in [-0.1, -0.05) is 18.2 Å².